The Morgan fingerprint density at radius 2 is 1.95 bits per heavy atom. The van der Waals surface area contributed by atoms with Crippen molar-refractivity contribution < 1.29 is 19.8 Å². The molecule has 0 aromatic heterocycles. The normalized spacial score (nSPS) is 35.9. The van der Waals surface area contributed by atoms with Crippen molar-refractivity contribution in [1.82, 2.24) is 0 Å². The predicted molar refractivity (Wildman–Crippen MR) is 83.7 cm³/mol. The van der Waals surface area contributed by atoms with Crippen LogP contribution in [0.2, 0.25) is 0 Å². The van der Waals surface area contributed by atoms with Crippen LogP contribution in [-0.2, 0) is 16.0 Å². The molecule has 22 heavy (non-hydrogen) atoms. The predicted octanol–water partition coefficient (Wildman–Crippen LogP) is 1.46. The Morgan fingerprint density at radius 3 is 2.55 bits per heavy atom. The highest BCUT2D eigenvalue weighted by molar-refractivity contribution is 7.99. The molecule has 0 saturated heterocycles. The molecule has 1 aromatic rings. The summed E-state index contributed by atoms with van der Waals surface area (Å²) in [7, 11) is 0. The summed E-state index contributed by atoms with van der Waals surface area (Å²) in [5, 5.41) is 18.6. The maximum Gasteiger partial charge on any atom is 0.324 e. The summed E-state index contributed by atoms with van der Waals surface area (Å²) in [6.07, 6.45) is 1.25. The molecule has 2 fully saturated rings. The molecule has 0 bridgehead atoms. The van der Waals surface area contributed by atoms with Crippen LogP contribution in [0.3, 0.4) is 0 Å². The van der Waals surface area contributed by atoms with Crippen LogP contribution in [0, 0.1) is 17.8 Å². The third-order valence-electron chi connectivity index (χ3n) is 4.89. The van der Waals surface area contributed by atoms with E-state index in [1.54, 1.807) is 11.8 Å². The van der Waals surface area contributed by atoms with Gasteiger partial charge in [0.15, 0.2) is 0 Å². The Balaban J connectivity index is 1.62. The number of rotatable bonds is 6. The molecule has 0 amide bonds. The molecule has 0 heterocycles. The molecule has 1 aromatic carbocycles. The second kappa shape index (κ2) is 5.59. The lowest BCUT2D eigenvalue weighted by atomic mass is 9.91. The van der Waals surface area contributed by atoms with Crippen LogP contribution < -0.4 is 5.73 Å². The first-order valence-corrected chi connectivity index (χ1v) is 8.40. The van der Waals surface area contributed by atoms with Crippen molar-refractivity contribution in [2.75, 3.05) is 5.75 Å². The number of carboxylic acid groups (broad SMARTS) is 2. The Hall–Kier alpha value is -1.53. The summed E-state index contributed by atoms with van der Waals surface area (Å²) in [5.41, 5.74) is 5.86. The maximum absolute atomic E-state index is 11.4. The Labute approximate surface area is 132 Å². The van der Waals surface area contributed by atoms with Crippen LogP contribution in [0.5, 0.6) is 0 Å². The largest absolute Gasteiger partial charge is 0.481 e. The number of carbonyl (C=O) groups is 2. The number of benzene rings is 1. The van der Waals surface area contributed by atoms with E-state index in [1.807, 2.05) is 18.2 Å². The highest BCUT2D eigenvalue weighted by atomic mass is 32.2. The van der Waals surface area contributed by atoms with Gasteiger partial charge in [0.25, 0.3) is 0 Å². The van der Waals surface area contributed by atoms with Crippen molar-refractivity contribution in [3.05, 3.63) is 35.9 Å². The van der Waals surface area contributed by atoms with Crippen LogP contribution in [0.25, 0.3) is 0 Å². The zero-order chi connectivity index (χ0) is 15.9. The molecule has 2 saturated carbocycles. The monoisotopic (exact) mass is 321 g/mol. The van der Waals surface area contributed by atoms with Gasteiger partial charge in [0.2, 0.25) is 0 Å². The fraction of sp³-hybridized carbons (Fsp3) is 0.500. The highest BCUT2D eigenvalue weighted by Gasteiger charge is 2.73. The first-order chi connectivity index (χ1) is 10.4. The van der Waals surface area contributed by atoms with Gasteiger partial charge in [-0.15, -0.1) is 0 Å². The summed E-state index contributed by atoms with van der Waals surface area (Å²) in [5.74, 6) is -2.25. The molecule has 0 radical (unpaired) electrons. The lowest BCUT2D eigenvalue weighted by Crippen LogP contribution is -2.50. The second-order valence-corrected chi connectivity index (χ2v) is 7.51. The molecule has 2 aliphatic carbocycles. The van der Waals surface area contributed by atoms with Gasteiger partial charge in [0, 0.05) is 11.2 Å². The zero-order valence-corrected chi connectivity index (χ0v) is 12.8. The second-order valence-electron chi connectivity index (χ2n) is 6.16. The average Bonchev–Trinajstić information content (AvgIpc) is 3.17. The van der Waals surface area contributed by atoms with Crippen molar-refractivity contribution in [2.24, 2.45) is 23.5 Å². The summed E-state index contributed by atoms with van der Waals surface area (Å²) < 4.78 is 0. The molecule has 5 nitrogen and oxygen atoms in total. The van der Waals surface area contributed by atoms with Crippen molar-refractivity contribution in [3.63, 3.8) is 0 Å². The molecular weight excluding hydrogens is 302 g/mol. The van der Waals surface area contributed by atoms with Gasteiger partial charge >= 0.3 is 11.9 Å². The molecule has 5 unspecified atom stereocenters. The van der Waals surface area contributed by atoms with Crippen LogP contribution in [0.4, 0.5) is 0 Å². The minimum absolute atomic E-state index is 0.0240. The molecule has 5 atom stereocenters. The van der Waals surface area contributed by atoms with Crippen LogP contribution in [0.1, 0.15) is 12.0 Å². The molecule has 0 aliphatic heterocycles. The number of aliphatic carboxylic acids is 2. The number of thioether (sulfide) groups is 1. The van der Waals surface area contributed by atoms with Gasteiger partial charge < -0.3 is 15.9 Å². The molecule has 4 N–H and O–H groups in total. The first kappa shape index (κ1) is 15.4. The lowest BCUT2D eigenvalue weighted by molar-refractivity contribution is -0.145. The van der Waals surface area contributed by atoms with Crippen LogP contribution in [0.15, 0.2) is 30.3 Å². The van der Waals surface area contributed by atoms with Crippen LogP contribution in [-0.4, -0.2) is 38.7 Å². The standard InChI is InChI=1S/C16H19NO4S/c17-16(15(20)21)8-10(11-12(13(11)16)14(18)19)22-7-6-9-4-2-1-3-5-9/h1-5,10-13H,6-8,17H2,(H,18,19)(H,20,21). The minimum Gasteiger partial charge on any atom is -0.481 e. The summed E-state index contributed by atoms with van der Waals surface area (Å²) in [6.45, 7) is 0. The summed E-state index contributed by atoms with van der Waals surface area (Å²) in [6, 6.07) is 10.1. The number of hydrogen-bond acceptors (Lipinski definition) is 4. The van der Waals surface area contributed by atoms with Crippen molar-refractivity contribution >= 4 is 23.7 Å². The van der Waals surface area contributed by atoms with E-state index in [9.17, 15) is 19.8 Å². The molecule has 118 valence electrons. The molecular formula is C16H19NO4S. The van der Waals surface area contributed by atoms with Gasteiger partial charge in [-0.3, -0.25) is 9.59 Å². The fourth-order valence-electron chi connectivity index (χ4n) is 3.76. The third-order valence-corrected chi connectivity index (χ3v) is 6.24. The van der Waals surface area contributed by atoms with E-state index < -0.39 is 29.3 Å². The van der Waals surface area contributed by atoms with Crippen molar-refractivity contribution in [2.45, 2.75) is 23.6 Å². The smallest absolute Gasteiger partial charge is 0.324 e. The Bertz CT molecular complexity index is 593. The van der Waals surface area contributed by atoms with Gasteiger partial charge in [-0.25, -0.2) is 0 Å². The number of nitrogens with two attached hydrogens (primary N) is 1. The Kier molecular flexibility index (Phi) is 3.91. The maximum atomic E-state index is 11.4. The van der Waals surface area contributed by atoms with Gasteiger partial charge in [0.1, 0.15) is 5.54 Å². The topological polar surface area (TPSA) is 101 Å². The first-order valence-electron chi connectivity index (χ1n) is 7.36. The number of carboxylic acids is 2. The van der Waals surface area contributed by atoms with Gasteiger partial charge in [0.05, 0.1) is 5.92 Å². The highest BCUT2D eigenvalue weighted by Crippen LogP contribution is 2.64. The van der Waals surface area contributed by atoms with E-state index in [-0.39, 0.29) is 11.2 Å². The molecule has 3 rings (SSSR count). The average molecular weight is 321 g/mol. The van der Waals surface area contributed by atoms with Gasteiger partial charge in [-0.05, 0) is 30.1 Å². The van der Waals surface area contributed by atoms with E-state index in [0.717, 1.165) is 12.2 Å². The van der Waals surface area contributed by atoms with E-state index >= 15 is 0 Å². The van der Waals surface area contributed by atoms with E-state index in [0.29, 0.717) is 6.42 Å². The van der Waals surface area contributed by atoms with Crippen LogP contribution >= 0.6 is 11.8 Å². The molecule has 2 aliphatic rings. The van der Waals surface area contributed by atoms with Gasteiger partial charge in [-0.2, -0.15) is 11.8 Å². The van der Waals surface area contributed by atoms with E-state index in [2.05, 4.69) is 12.1 Å². The number of hydrogen-bond donors (Lipinski definition) is 3. The minimum atomic E-state index is -1.38. The summed E-state index contributed by atoms with van der Waals surface area (Å²) >= 11 is 1.66. The Morgan fingerprint density at radius 1 is 1.27 bits per heavy atom. The number of aryl methyl sites for hydroxylation is 1. The fourth-order valence-corrected chi connectivity index (χ4v) is 5.37. The molecule has 6 heteroatoms. The van der Waals surface area contributed by atoms with E-state index in [4.69, 9.17) is 5.73 Å². The van der Waals surface area contributed by atoms with E-state index in [1.165, 1.54) is 5.56 Å². The van der Waals surface area contributed by atoms with Crippen molar-refractivity contribution in [3.8, 4) is 0 Å². The van der Waals surface area contributed by atoms with Crippen molar-refractivity contribution in [1.29, 1.82) is 0 Å². The number of fused-ring (bicyclic) bond motifs is 1. The zero-order valence-electron chi connectivity index (χ0n) is 12.0. The quantitative estimate of drug-likeness (QED) is 0.733. The third kappa shape index (κ3) is 2.50. The molecule has 0 spiro atoms. The summed E-state index contributed by atoms with van der Waals surface area (Å²) in [4.78, 5) is 22.7. The van der Waals surface area contributed by atoms with Gasteiger partial charge in [-0.1, -0.05) is 30.3 Å². The lowest BCUT2D eigenvalue weighted by Gasteiger charge is -2.24. The SMILES string of the molecule is NC1(C(=O)O)CC(SCCc2ccccc2)C2C(C(=O)O)C21.